The molecular weight excluding hydrogens is 158 g/mol. The van der Waals surface area contributed by atoms with Gasteiger partial charge in [0.05, 0.1) is 0 Å². The second-order valence-electron chi connectivity index (χ2n) is 5.96. The standard InChI is InChI=1S/C12H19N/c1-2-9(1)11-10(12(11)3-4-12)5-8-6-13-7-8/h8-11,13H,1-7H2. The van der Waals surface area contributed by atoms with Crippen LogP contribution in [0.2, 0.25) is 0 Å². The Balaban J connectivity index is 1.43. The van der Waals surface area contributed by atoms with E-state index in [9.17, 15) is 0 Å². The fourth-order valence-electron chi connectivity index (χ4n) is 3.97. The highest BCUT2D eigenvalue weighted by molar-refractivity contribution is 5.22. The molecule has 1 N–H and O–H groups in total. The predicted molar refractivity (Wildman–Crippen MR) is 52.3 cm³/mol. The average molecular weight is 177 g/mol. The number of hydrogen-bond acceptors (Lipinski definition) is 1. The summed E-state index contributed by atoms with van der Waals surface area (Å²) in [7, 11) is 0. The Morgan fingerprint density at radius 3 is 2.38 bits per heavy atom. The lowest BCUT2D eigenvalue weighted by Crippen LogP contribution is -2.42. The molecule has 2 unspecified atom stereocenters. The van der Waals surface area contributed by atoms with E-state index in [2.05, 4.69) is 5.32 Å². The number of rotatable bonds is 3. The molecule has 0 radical (unpaired) electrons. The maximum Gasteiger partial charge on any atom is -0.000815 e. The van der Waals surface area contributed by atoms with Gasteiger partial charge in [-0.2, -0.15) is 0 Å². The van der Waals surface area contributed by atoms with Crippen LogP contribution in [0, 0.1) is 29.1 Å². The minimum Gasteiger partial charge on any atom is -0.316 e. The molecule has 13 heavy (non-hydrogen) atoms. The van der Waals surface area contributed by atoms with Crippen LogP contribution < -0.4 is 5.32 Å². The molecular formula is C12H19N. The summed E-state index contributed by atoms with van der Waals surface area (Å²) in [5.74, 6) is 4.66. The molecule has 1 saturated heterocycles. The summed E-state index contributed by atoms with van der Waals surface area (Å²) in [6.07, 6.45) is 7.92. The maximum atomic E-state index is 3.40. The van der Waals surface area contributed by atoms with Gasteiger partial charge in [-0.25, -0.2) is 0 Å². The fourth-order valence-corrected chi connectivity index (χ4v) is 3.97. The molecule has 0 aromatic carbocycles. The van der Waals surface area contributed by atoms with Gasteiger partial charge in [0.15, 0.2) is 0 Å². The molecule has 2 atom stereocenters. The first-order chi connectivity index (χ1) is 6.40. The molecule has 3 saturated carbocycles. The Kier molecular flexibility index (Phi) is 1.19. The first kappa shape index (κ1) is 7.28. The normalized spacial score (nSPS) is 46.2. The van der Waals surface area contributed by atoms with Gasteiger partial charge in [-0.3, -0.25) is 0 Å². The molecule has 1 heteroatoms. The van der Waals surface area contributed by atoms with Gasteiger partial charge in [0.25, 0.3) is 0 Å². The summed E-state index contributed by atoms with van der Waals surface area (Å²) < 4.78 is 0. The highest BCUT2D eigenvalue weighted by atomic mass is 15.0. The highest BCUT2D eigenvalue weighted by Gasteiger charge is 2.74. The minimum atomic E-state index is 0.955. The molecule has 1 heterocycles. The Morgan fingerprint density at radius 1 is 1.15 bits per heavy atom. The Labute approximate surface area is 80.3 Å². The van der Waals surface area contributed by atoms with Crippen molar-refractivity contribution in [3.05, 3.63) is 0 Å². The molecule has 0 aromatic rings. The summed E-state index contributed by atoms with van der Waals surface area (Å²) in [5, 5.41) is 3.40. The lowest BCUT2D eigenvalue weighted by molar-refractivity contribution is 0.301. The molecule has 4 aliphatic rings. The molecule has 0 aromatic heterocycles. The SMILES string of the molecule is C1NCC1CC1C(C2CC2)C12CC2. The van der Waals surface area contributed by atoms with Crippen LogP contribution in [0.1, 0.15) is 32.1 Å². The smallest absolute Gasteiger partial charge is 0.000815 e. The topological polar surface area (TPSA) is 12.0 Å². The second kappa shape index (κ2) is 2.13. The lowest BCUT2D eigenvalue weighted by Gasteiger charge is -2.27. The second-order valence-corrected chi connectivity index (χ2v) is 5.96. The van der Waals surface area contributed by atoms with Gasteiger partial charge in [0.2, 0.25) is 0 Å². The van der Waals surface area contributed by atoms with E-state index in [1.54, 1.807) is 32.1 Å². The highest BCUT2D eigenvalue weighted by Crippen LogP contribution is 2.81. The van der Waals surface area contributed by atoms with Crippen LogP contribution in [0.4, 0.5) is 0 Å². The third kappa shape index (κ3) is 0.918. The van der Waals surface area contributed by atoms with Gasteiger partial charge < -0.3 is 5.32 Å². The number of nitrogens with one attached hydrogen (secondary N) is 1. The number of hydrogen-bond donors (Lipinski definition) is 1. The van der Waals surface area contributed by atoms with Crippen LogP contribution in [0.3, 0.4) is 0 Å². The quantitative estimate of drug-likeness (QED) is 0.695. The van der Waals surface area contributed by atoms with Crippen LogP contribution in [0.15, 0.2) is 0 Å². The van der Waals surface area contributed by atoms with Gasteiger partial charge in [-0.15, -0.1) is 0 Å². The molecule has 1 nitrogen and oxygen atoms in total. The van der Waals surface area contributed by atoms with Gasteiger partial charge in [-0.1, -0.05) is 0 Å². The van der Waals surface area contributed by atoms with Crippen LogP contribution in [0.25, 0.3) is 0 Å². The van der Waals surface area contributed by atoms with Crippen molar-refractivity contribution in [1.29, 1.82) is 0 Å². The van der Waals surface area contributed by atoms with E-state index in [0.29, 0.717) is 0 Å². The zero-order chi connectivity index (χ0) is 8.47. The molecule has 0 bridgehead atoms. The van der Waals surface area contributed by atoms with Gasteiger partial charge in [0, 0.05) is 0 Å². The molecule has 0 amide bonds. The van der Waals surface area contributed by atoms with Crippen LogP contribution in [-0.4, -0.2) is 13.1 Å². The van der Waals surface area contributed by atoms with E-state index in [0.717, 1.165) is 11.3 Å². The summed E-state index contributed by atoms with van der Waals surface area (Å²) in [6, 6.07) is 0. The molecule has 3 aliphatic carbocycles. The van der Waals surface area contributed by atoms with Gasteiger partial charge in [0.1, 0.15) is 0 Å². The Morgan fingerprint density at radius 2 is 1.92 bits per heavy atom. The van der Waals surface area contributed by atoms with Crippen LogP contribution >= 0.6 is 0 Å². The largest absolute Gasteiger partial charge is 0.316 e. The zero-order valence-electron chi connectivity index (χ0n) is 8.26. The van der Waals surface area contributed by atoms with Crippen molar-refractivity contribution in [3.63, 3.8) is 0 Å². The van der Waals surface area contributed by atoms with Crippen LogP contribution in [-0.2, 0) is 0 Å². The summed E-state index contributed by atoms with van der Waals surface area (Å²) in [6.45, 7) is 2.65. The van der Waals surface area contributed by atoms with Crippen molar-refractivity contribution in [2.75, 3.05) is 13.1 Å². The van der Waals surface area contributed by atoms with Crippen molar-refractivity contribution < 1.29 is 0 Å². The minimum absolute atomic E-state index is 0.955. The maximum absolute atomic E-state index is 3.40. The first-order valence-corrected chi connectivity index (χ1v) is 6.11. The van der Waals surface area contributed by atoms with E-state index in [1.807, 2.05) is 0 Å². The van der Waals surface area contributed by atoms with E-state index in [4.69, 9.17) is 0 Å². The Bertz CT molecular complexity index is 236. The third-order valence-electron chi connectivity index (χ3n) is 5.14. The fraction of sp³-hybridized carbons (Fsp3) is 1.00. The zero-order valence-corrected chi connectivity index (χ0v) is 8.26. The van der Waals surface area contributed by atoms with Gasteiger partial charge in [-0.05, 0) is 74.3 Å². The van der Waals surface area contributed by atoms with E-state index < -0.39 is 0 Å². The molecule has 4 rings (SSSR count). The first-order valence-electron chi connectivity index (χ1n) is 6.11. The third-order valence-corrected chi connectivity index (χ3v) is 5.14. The monoisotopic (exact) mass is 177 g/mol. The van der Waals surface area contributed by atoms with Crippen LogP contribution in [0.5, 0.6) is 0 Å². The summed E-state index contributed by atoms with van der Waals surface area (Å²) in [5.41, 5.74) is 0.955. The van der Waals surface area contributed by atoms with Crippen molar-refractivity contribution in [2.24, 2.45) is 29.1 Å². The predicted octanol–water partition coefficient (Wildman–Crippen LogP) is 2.03. The van der Waals surface area contributed by atoms with Crippen molar-refractivity contribution >= 4 is 0 Å². The molecule has 4 fully saturated rings. The van der Waals surface area contributed by atoms with Crippen molar-refractivity contribution in [1.82, 2.24) is 5.32 Å². The van der Waals surface area contributed by atoms with Crippen molar-refractivity contribution in [3.8, 4) is 0 Å². The molecule has 1 aliphatic heterocycles. The summed E-state index contributed by atoms with van der Waals surface area (Å²) >= 11 is 0. The average Bonchev–Trinajstić information content (AvgIpc) is 2.83. The lowest BCUT2D eigenvalue weighted by atomic mass is 9.94. The van der Waals surface area contributed by atoms with Crippen molar-refractivity contribution in [2.45, 2.75) is 32.1 Å². The summed E-state index contributed by atoms with van der Waals surface area (Å²) in [4.78, 5) is 0. The van der Waals surface area contributed by atoms with E-state index >= 15 is 0 Å². The van der Waals surface area contributed by atoms with E-state index in [-0.39, 0.29) is 0 Å². The Hall–Kier alpha value is -0.0400. The molecule has 1 spiro atoms. The molecule has 72 valence electrons. The van der Waals surface area contributed by atoms with E-state index in [1.165, 1.54) is 30.8 Å². The van der Waals surface area contributed by atoms with Gasteiger partial charge >= 0.3 is 0 Å².